The normalized spacial score (nSPS) is 15.8. The smallest absolute Gasteiger partial charge is 0.258 e. The van der Waals surface area contributed by atoms with Gasteiger partial charge in [-0.3, -0.25) is 14.9 Å². The van der Waals surface area contributed by atoms with Gasteiger partial charge in [0.25, 0.3) is 11.8 Å². The maximum Gasteiger partial charge on any atom is 0.258 e. The van der Waals surface area contributed by atoms with Crippen LogP contribution in [-0.2, 0) is 12.8 Å². The Kier molecular flexibility index (Phi) is 5.60. The van der Waals surface area contributed by atoms with Crippen LogP contribution in [0.5, 0.6) is 0 Å². The van der Waals surface area contributed by atoms with Crippen molar-refractivity contribution in [1.29, 1.82) is 0 Å². The molecule has 0 saturated carbocycles. The third-order valence-corrected chi connectivity index (χ3v) is 6.03. The Morgan fingerprint density at radius 2 is 2.08 bits per heavy atom. The van der Waals surface area contributed by atoms with Gasteiger partial charge in [0.2, 0.25) is 0 Å². The summed E-state index contributed by atoms with van der Waals surface area (Å²) in [5.74, 6) is -0.329. The van der Waals surface area contributed by atoms with Crippen molar-refractivity contribution >= 4 is 57.1 Å². The molecule has 1 unspecified atom stereocenters. The van der Waals surface area contributed by atoms with Crippen molar-refractivity contribution in [3.05, 3.63) is 50.9 Å². The number of primary amides is 1. The summed E-state index contributed by atoms with van der Waals surface area (Å²) in [4.78, 5) is 25.4. The number of anilines is 1. The van der Waals surface area contributed by atoms with Crippen molar-refractivity contribution in [3.63, 3.8) is 0 Å². The fraction of sp³-hybridized carbons (Fsp3) is 0.278. The Morgan fingerprint density at radius 1 is 1.35 bits per heavy atom. The van der Waals surface area contributed by atoms with Crippen molar-refractivity contribution < 1.29 is 9.59 Å². The minimum absolute atomic E-state index is 0.101. The first kappa shape index (κ1) is 18.8. The topological polar surface area (TPSA) is 84.2 Å². The zero-order chi connectivity index (χ0) is 18.8. The SMILES string of the molecule is CC1CCc2c(sc(NC(=S)NC(=O)c3ccccc3Cl)c2C(N)=O)C1. The number of thiophene rings is 1. The first-order valence-electron chi connectivity index (χ1n) is 8.18. The van der Waals surface area contributed by atoms with Gasteiger partial charge in [-0.15, -0.1) is 11.3 Å². The van der Waals surface area contributed by atoms with Crippen molar-refractivity contribution in [1.82, 2.24) is 5.32 Å². The number of hydrogen-bond acceptors (Lipinski definition) is 4. The Morgan fingerprint density at radius 3 is 2.77 bits per heavy atom. The molecule has 1 heterocycles. The summed E-state index contributed by atoms with van der Waals surface area (Å²) in [5, 5.41) is 6.57. The van der Waals surface area contributed by atoms with E-state index >= 15 is 0 Å². The van der Waals surface area contributed by atoms with Crippen LogP contribution in [0, 0.1) is 5.92 Å². The average molecular weight is 408 g/mol. The molecule has 26 heavy (non-hydrogen) atoms. The van der Waals surface area contributed by atoms with E-state index in [1.807, 2.05) is 0 Å². The number of benzene rings is 1. The van der Waals surface area contributed by atoms with Crippen LogP contribution in [0.25, 0.3) is 0 Å². The van der Waals surface area contributed by atoms with Crippen LogP contribution in [0.15, 0.2) is 24.3 Å². The maximum atomic E-state index is 12.3. The van der Waals surface area contributed by atoms with Crippen LogP contribution in [0.3, 0.4) is 0 Å². The predicted octanol–water partition coefficient (Wildman–Crippen LogP) is 3.75. The largest absolute Gasteiger partial charge is 0.365 e. The van der Waals surface area contributed by atoms with E-state index < -0.39 is 11.8 Å². The molecule has 0 radical (unpaired) electrons. The molecule has 1 aliphatic rings. The molecule has 5 nitrogen and oxygen atoms in total. The first-order chi connectivity index (χ1) is 12.4. The van der Waals surface area contributed by atoms with Gasteiger partial charge in [-0.05, 0) is 55.1 Å². The van der Waals surface area contributed by atoms with Crippen molar-refractivity contribution in [2.45, 2.75) is 26.2 Å². The lowest BCUT2D eigenvalue weighted by molar-refractivity contribution is 0.0975. The molecule has 0 fully saturated rings. The van der Waals surface area contributed by atoms with Crippen molar-refractivity contribution in [2.24, 2.45) is 11.7 Å². The highest BCUT2D eigenvalue weighted by atomic mass is 35.5. The lowest BCUT2D eigenvalue weighted by atomic mass is 9.88. The lowest BCUT2D eigenvalue weighted by Gasteiger charge is -2.18. The van der Waals surface area contributed by atoms with Crippen LogP contribution < -0.4 is 16.4 Å². The highest BCUT2D eigenvalue weighted by Gasteiger charge is 2.27. The molecule has 3 rings (SSSR count). The second kappa shape index (κ2) is 7.73. The predicted molar refractivity (Wildman–Crippen MR) is 109 cm³/mol. The number of nitrogens with one attached hydrogen (secondary N) is 2. The molecule has 1 aromatic heterocycles. The fourth-order valence-corrected chi connectivity index (χ4v) is 4.95. The molecule has 0 spiro atoms. The lowest BCUT2D eigenvalue weighted by Crippen LogP contribution is -2.34. The standard InChI is InChI=1S/C18H18ClN3O2S2/c1-9-6-7-11-13(8-9)26-17(14(11)15(20)23)22-18(25)21-16(24)10-4-2-3-5-12(10)19/h2-5,9H,6-8H2,1H3,(H2,20,23)(H2,21,22,24,25). The quantitative estimate of drug-likeness (QED) is 0.676. The van der Waals surface area contributed by atoms with Gasteiger partial charge < -0.3 is 11.1 Å². The molecule has 0 saturated heterocycles. The number of nitrogens with two attached hydrogens (primary N) is 1. The van der Waals surface area contributed by atoms with Gasteiger partial charge in [0.15, 0.2) is 5.11 Å². The third-order valence-electron chi connectivity index (χ3n) is 4.33. The highest BCUT2D eigenvalue weighted by Crippen LogP contribution is 2.39. The number of rotatable bonds is 3. The van der Waals surface area contributed by atoms with E-state index in [0.717, 1.165) is 29.7 Å². The van der Waals surface area contributed by atoms with Gasteiger partial charge in [0, 0.05) is 4.88 Å². The van der Waals surface area contributed by atoms with Crippen LogP contribution in [0.4, 0.5) is 5.00 Å². The van der Waals surface area contributed by atoms with E-state index in [1.54, 1.807) is 24.3 Å². The van der Waals surface area contributed by atoms with Gasteiger partial charge in [0.1, 0.15) is 5.00 Å². The molecule has 0 aliphatic heterocycles. The molecule has 2 aromatic rings. The summed E-state index contributed by atoms with van der Waals surface area (Å²) < 4.78 is 0. The Labute approximate surface area is 165 Å². The summed E-state index contributed by atoms with van der Waals surface area (Å²) in [6.45, 7) is 2.19. The first-order valence-corrected chi connectivity index (χ1v) is 9.78. The monoisotopic (exact) mass is 407 g/mol. The molecule has 136 valence electrons. The Balaban J connectivity index is 1.78. The van der Waals surface area contributed by atoms with Crippen LogP contribution in [0.1, 0.15) is 44.5 Å². The van der Waals surface area contributed by atoms with Crippen molar-refractivity contribution in [3.8, 4) is 0 Å². The van der Waals surface area contributed by atoms with E-state index in [9.17, 15) is 9.59 Å². The minimum atomic E-state index is -0.486. The molecule has 1 aliphatic carbocycles. The number of halogens is 1. The summed E-state index contributed by atoms with van der Waals surface area (Å²) in [6.07, 6.45) is 2.77. The summed E-state index contributed by atoms with van der Waals surface area (Å²) in [6, 6.07) is 6.70. The van der Waals surface area contributed by atoms with E-state index in [1.165, 1.54) is 11.3 Å². The van der Waals surface area contributed by atoms with Crippen LogP contribution in [0.2, 0.25) is 5.02 Å². The zero-order valence-electron chi connectivity index (χ0n) is 14.1. The molecule has 4 N–H and O–H groups in total. The van der Waals surface area contributed by atoms with E-state index in [2.05, 4.69) is 17.6 Å². The van der Waals surface area contributed by atoms with Crippen LogP contribution >= 0.6 is 35.2 Å². The van der Waals surface area contributed by atoms with Gasteiger partial charge >= 0.3 is 0 Å². The highest BCUT2D eigenvalue weighted by molar-refractivity contribution is 7.80. The molecule has 8 heteroatoms. The van der Waals surface area contributed by atoms with Gasteiger partial charge in [0.05, 0.1) is 16.1 Å². The van der Waals surface area contributed by atoms with E-state index in [-0.39, 0.29) is 5.11 Å². The maximum absolute atomic E-state index is 12.3. The summed E-state index contributed by atoms with van der Waals surface area (Å²) in [7, 11) is 0. The molecule has 2 amide bonds. The number of thiocarbonyl (C=S) groups is 1. The second-order valence-electron chi connectivity index (χ2n) is 6.31. The average Bonchev–Trinajstić information content (AvgIpc) is 2.91. The van der Waals surface area contributed by atoms with E-state index in [0.29, 0.717) is 27.1 Å². The van der Waals surface area contributed by atoms with Gasteiger partial charge in [-0.1, -0.05) is 30.7 Å². The number of fused-ring (bicyclic) bond motifs is 1. The fourth-order valence-electron chi connectivity index (χ4n) is 3.05. The molecule has 1 atom stereocenters. The molecule has 1 aromatic carbocycles. The van der Waals surface area contributed by atoms with Crippen LogP contribution in [-0.4, -0.2) is 16.9 Å². The second-order valence-corrected chi connectivity index (χ2v) is 8.23. The molecular weight excluding hydrogens is 390 g/mol. The number of amides is 2. The van der Waals surface area contributed by atoms with E-state index in [4.69, 9.17) is 29.6 Å². The number of carbonyl (C=O) groups excluding carboxylic acids is 2. The molecule has 0 bridgehead atoms. The zero-order valence-corrected chi connectivity index (χ0v) is 16.5. The Bertz CT molecular complexity index is 895. The third kappa shape index (κ3) is 3.90. The number of carbonyl (C=O) groups is 2. The summed E-state index contributed by atoms with van der Waals surface area (Å²) in [5.41, 5.74) is 7.39. The molecular formula is C18H18ClN3O2S2. The minimum Gasteiger partial charge on any atom is -0.365 e. The summed E-state index contributed by atoms with van der Waals surface area (Å²) >= 11 is 12.7. The van der Waals surface area contributed by atoms with Gasteiger partial charge in [-0.2, -0.15) is 0 Å². The van der Waals surface area contributed by atoms with Gasteiger partial charge in [-0.25, -0.2) is 0 Å². The van der Waals surface area contributed by atoms with Crippen molar-refractivity contribution in [2.75, 3.05) is 5.32 Å². The Hall–Kier alpha value is -1.96. The number of hydrogen-bond donors (Lipinski definition) is 3.